The molecule has 1 aromatic rings. The lowest BCUT2D eigenvalue weighted by atomic mass is 10.0. The van der Waals surface area contributed by atoms with Crippen LogP contribution in [-0.2, 0) is 4.74 Å². The third kappa shape index (κ3) is 4.69. The Morgan fingerprint density at radius 1 is 1.39 bits per heavy atom. The highest BCUT2D eigenvalue weighted by Gasteiger charge is 2.18. The maximum atomic E-state index is 11.7. The van der Waals surface area contributed by atoms with E-state index in [-0.39, 0.29) is 6.04 Å². The molecule has 1 N–H and O–H groups in total. The Hall–Kier alpha value is -1.03. The molecule has 1 atom stereocenters. The van der Waals surface area contributed by atoms with Crippen LogP contribution in [0.25, 0.3) is 0 Å². The zero-order valence-corrected chi connectivity index (χ0v) is 13.1. The van der Waals surface area contributed by atoms with Crippen LogP contribution in [0, 0.1) is 6.92 Å². The van der Waals surface area contributed by atoms with Gasteiger partial charge < -0.3 is 10.1 Å². The van der Waals surface area contributed by atoms with Crippen molar-refractivity contribution in [3.63, 3.8) is 0 Å². The SMILES string of the molecule is Cc1cc(Br)ccc1[C@@H](C)NC(=O)OC(C)(C)C. The van der Waals surface area contributed by atoms with Gasteiger partial charge in [-0.25, -0.2) is 4.79 Å². The van der Waals surface area contributed by atoms with Gasteiger partial charge in [0.1, 0.15) is 5.60 Å². The molecule has 0 bridgehead atoms. The van der Waals surface area contributed by atoms with E-state index in [1.807, 2.05) is 52.8 Å². The van der Waals surface area contributed by atoms with E-state index in [0.29, 0.717) is 0 Å². The van der Waals surface area contributed by atoms with Crippen molar-refractivity contribution in [2.45, 2.75) is 46.3 Å². The number of carbonyl (C=O) groups excluding carboxylic acids is 1. The summed E-state index contributed by atoms with van der Waals surface area (Å²) in [6.07, 6.45) is -0.391. The number of benzene rings is 1. The summed E-state index contributed by atoms with van der Waals surface area (Å²) in [6.45, 7) is 9.51. The first-order valence-corrected chi connectivity index (χ1v) is 6.74. The Morgan fingerprint density at radius 3 is 2.50 bits per heavy atom. The summed E-state index contributed by atoms with van der Waals surface area (Å²) in [5.41, 5.74) is 1.75. The third-order valence-electron chi connectivity index (χ3n) is 2.43. The van der Waals surface area contributed by atoms with Crippen LogP contribution in [0.2, 0.25) is 0 Å². The Labute approximate surface area is 117 Å². The highest BCUT2D eigenvalue weighted by molar-refractivity contribution is 9.10. The van der Waals surface area contributed by atoms with Crippen LogP contribution in [0.1, 0.15) is 44.9 Å². The molecule has 0 heterocycles. The van der Waals surface area contributed by atoms with Gasteiger partial charge >= 0.3 is 6.09 Å². The van der Waals surface area contributed by atoms with Crippen LogP contribution >= 0.6 is 15.9 Å². The second-order valence-corrected chi connectivity index (χ2v) is 6.28. The van der Waals surface area contributed by atoms with Gasteiger partial charge in [-0.15, -0.1) is 0 Å². The van der Waals surface area contributed by atoms with E-state index < -0.39 is 11.7 Å². The van der Waals surface area contributed by atoms with Gasteiger partial charge in [0.2, 0.25) is 0 Å². The molecular formula is C14H20BrNO2. The molecular weight excluding hydrogens is 294 g/mol. The summed E-state index contributed by atoms with van der Waals surface area (Å²) < 4.78 is 6.27. The smallest absolute Gasteiger partial charge is 0.408 e. The zero-order valence-electron chi connectivity index (χ0n) is 11.5. The van der Waals surface area contributed by atoms with Gasteiger partial charge in [0, 0.05) is 4.47 Å². The summed E-state index contributed by atoms with van der Waals surface area (Å²) in [5, 5.41) is 2.84. The molecule has 0 spiro atoms. The van der Waals surface area contributed by atoms with Crippen molar-refractivity contribution in [3.8, 4) is 0 Å². The number of rotatable bonds is 2. The minimum atomic E-state index is -0.474. The van der Waals surface area contributed by atoms with Gasteiger partial charge in [0.15, 0.2) is 0 Å². The van der Waals surface area contributed by atoms with Crippen molar-refractivity contribution in [2.24, 2.45) is 0 Å². The Morgan fingerprint density at radius 2 is 2.00 bits per heavy atom. The molecule has 18 heavy (non-hydrogen) atoms. The molecule has 1 rings (SSSR count). The molecule has 0 aliphatic carbocycles. The van der Waals surface area contributed by atoms with Crippen LogP contribution in [0.5, 0.6) is 0 Å². The van der Waals surface area contributed by atoms with E-state index >= 15 is 0 Å². The van der Waals surface area contributed by atoms with Gasteiger partial charge in [-0.3, -0.25) is 0 Å². The Bertz CT molecular complexity index is 438. The Kier molecular flexibility index (Phi) is 4.79. The molecule has 1 amide bonds. The monoisotopic (exact) mass is 313 g/mol. The average Bonchev–Trinajstić information content (AvgIpc) is 2.13. The fraction of sp³-hybridized carbons (Fsp3) is 0.500. The minimum absolute atomic E-state index is 0.0760. The molecule has 0 unspecified atom stereocenters. The predicted molar refractivity (Wildman–Crippen MR) is 76.7 cm³/mol. The first kappa shape index (κ1) is 15.0. The number of halogens is 1. The number of hydrogen-bond acceptors (Lipinski definition) is 2. The standard InChI is InChI=1S/C14H20BrNO2/c1-9-8-11(15)6-7-12(9)10(2)16-13(17)18-14(3,4)5/h6-8,10H,1-5H3,(H,16,17)/t10-/m1/s1. The van der Waals surface area contributed by atoms with Gasteiger partial charge in [-0.1, -0.05) is 22.0 Å². The highest BCUT2D eigenvalue weighted by Crippen LogP contribution is 2.21. The number of aryl methyl sites for hydroxylation is 1. The van der Waals surface area contributed by atoms with E-state index in [9.17, 15) is 4.79 Å². The predicted octanol–water partition coefficient (Wildman–Crippen LogP) is 4.34. The van der Waals surface area contributed by atoms with Gasteiger partial charge in [0.25, 0.3) is 0 Å². The van der Waals surface area contributed by atoms with Crippen molar-refractivity contribution in [3.05, 3.63) is 33.8 Å². The fourth-order valence-electron chi connectivity index (χ4n) is 1.69. The van der Waals surface area contributed by atoms with Gasteiger partial charge in [-0.2, -0.15) is 0 Å². The van der Waals surface area contributed by atoms with Crippen molar-refractivity contribution >= 4 is 22.0 Å². The van der Waals surface area contributed by atoms with E-state index in [1.54, 1.807) is 0 Å². The maximum Gasteiger partial charge on any atom is 0.408 e. The molecule has 3 nitrogen and oxygen atoms in total. The molecule has 1 aromatic carbocycles. The second-order valence-electron chi connectivity index (χ2n) is 5.37. The van der Waals surface area contributed by atoms with Crippen LogP contribution < -0.4 is 5.32 Å². The third-order valence-corrected chi connectivity index (χ3v) is 2.92. The average molecular weight is 314 g/mol. The highest BCUT2D eigenvalue weighted by atomic mass is 79.9. The van der Waals surface area contributed by atoms with E-state index in [4.69, 9.17) is 4.74 Å². The number of alkyl carbamates (subject to hydrolysis) is 1. The van der Waals surface area contributed by atoms with Crippen molar-refractivity contribution in [2.75, 3.05) is 0 Å². The molecule has 0 aromatic heterocycles. The van der Waals surface area contributed by atoms with Gasteiger partial charge in [0.05, 0.1) is 6.04 Å². The van der Waals surface area contributed by atoms with Crippen molar-refractivity contribution in [1.29, 1.82) is 0 Å². The van der Waals surface area contributed by atoms with Crippen LogP contribution in [0.15, 0.2) is 22.7 Å². The molecule has 0 saturated heterocycles. The number of amides is 1. The lowest BCUT2D eigenvalue weighted by Gasteiger charge is -2.22. The number of hydrogen-bond donors (Lipinski definition) is 1. The molecule has 0 aliphatic rings. The molecule has 0 radical (unpaired) electrons. The summed E-state index contributed by atoms with van der Waals surface area (Å²) in [4.78, 5) is 11.7. The molecule has 0 aliphatic heterocycles. The first-order chi connectivity index (χ1) is 8.19. The summed E-state index contributed by atoms with van der Waals surface area (Å²) >= 11 is 3.42. The van der Waals surface area contributed by atoms with Crippen LogP contribution in [0.3, 0.4) is 0 Å². The first-order valence-electron chi connectivity index (χ1n) is 5.94. The molecule has 0 fully saturated rings. The largest absolute Gasteiger partial charge is 0.444 e. The Balaban J connectivity index is 2.71. The fourth-order valence-corrected chi connectivity index (χ4v) is 2.16. The maximum absolute atomic E-state index is 11.7. The zero-order chi connectivity index (χ0) is 13.9. The molecule has 100 valence electrons. The lowest BCUT2D eigenvalue weighted by Crippen LogP contribution is -2.34. The van der Waals surface area contributed by atoms with Crippen LogP contribution in [0.4, 0.5) is 4.79 Å². The summed E-state index contributed by atoms with van der Waals surface area (Å²) in [5.74, 6) is 0. The summed E-state index contributed by atoms with van der Waals surface area (Å²) in [7, 11) is 0. The summed E-state index contributed by atoms with van der Waals surface area (Å²) in [6, 6.07) is 5.92. The lowest BCUT2D eigenvalue weighted by molar-refractivity contribution is 0.0508. The quantitative estimate of drug-likeness (QED) is 0.881. The number of carbonyl (C=O) groups is 1. The van der Waals surface area contributed by atoms with Crippen LogP contribution in [-0.4, -0.2) is 11.7 Å². The normalized spacial score (nSPS) is 13.0. The topological polar surface area (TPSA) is 38.3 Å². The second kappa shape index (κ2) is 5.74. The molecule has 0 saturated carbocycles. The van der Waals surface area contributed by atoms with E-state index in [1.165, 1.54) is 0 Å². The number of ether oxygens (including phenoxy) is 1. The number of nitrogens with one attached hydrogen (secondary N) is 1. The van der Waals surface area contributed by atoms with E-state index in [2.05, 4.69) is 21.2 Å². The molecule has 4 heteroatoms. The van der Waals surface area contributed by atoms with E-state index in [0.717, 1.165) is 15.6 Å². The van der Waals surface area contributed by atoms with Crippen molar-refractivity contribution < 1.29 is 9.53 Å². The van der Waals surface area contributed by atoms with Gasteiger partial charge in [-0.05, 0) is 57.9 Å². The van der Waals surface area contributed by atoms with Crippen molar-refractivity contribution in [1.82, 2.24) is 5.32 Å². The minimum Gasteiger partial charge on any atom is -0.444 e.